The SMILES string of the molecule is O=C(/C=C/c1cc(Cl)c2c(c1)OCCO2)NCc1ccccc1C[NH+]1CCCC1. The Balaban J connectivity index is 1.36. The van der Waals surface area contributed by atoms with Gasteiger partial charge in [0.05, 0.1) is 18.1 Å². The minimum atomic E-state index is -0.140. The van der Waals surface area contributed by atoms with Crippen LogP contribution in [0.3, 0.4) is 0 Å². The van der Waals surface area contributed by atoms with Crippen molar-refractivity contribution in [3.8, 4) is 11.5 Å². The number of likely N-dealkylation sites (tertiary alicyclic amines) is 1. The van der Waals surface area contributed by atoms with Crippen LogP contribution in [0.1, 0.15) is 29.5 Å². The minimum Gasteiger partial charge on any atom is -0.486 e. The number of hydrogen-bond donors (Lipinski definition) is 2. The molecular formula is C23H26ClN2O3+. The van der Waals surface area contributed by atoms with E-state index in [4.69, 9.17) is 21.1 Å². The average Bonchev–Trinajstić information content (AvgIpc) is 3.25. The van der Waals surface area contributed by atoms with Gasteiger partial charge in [-0.05, 0) is 29.3 Å². The van der Waals surface area contributed by atoms with Crippen molar-refractivity contribution in [3.63, 3.8) is 0 Å². The molecule has 0 aromatic heterocycles. The number of fused-ring (bicyclic) bond motifs is 1. The van der Waals surface area contributed by atoms with Gasteiger partial charge in [0.25, 0.3) is 0 Å². The van der Waals surface area contributed by atoms with Crippen LogP contribution in [0, 0.1) is 0 Å². The Hall–Kier alpha value is -2.50. The van der Waals surface area contributed by atoms with Crippen LogP contribution in [-0.2, 0) is 17.9 Å². The smallest absolute Gasteiger partial charge is 0.244 e. The van der Waals surface area contributed by atoms with Crippen molar-refractivity contribution in [2.75, 3.05) is 26.3 Å². The summed E-state index contributed by atoms with van der Waals surface area (Å²) in [6, 6.07) is 12.0. The maximum absolute atomic E-state index is 12.3. The first-order chi connectivity index (χ1) is 14.2. The summed E-state index contributed by atoms with van der Waals surface area (Å²) in [4.78, 5) is 14.0. The molecule has 1 saturated heterocycles. The Kier molecular flexibility index (Phi) is 6.37. The fraction of sp³-hybridized carbons (Fsp3) is 0.348. The highest BCUT2D eigenvalue weighted by molar-refractivity contribution is 6.32. The van der Waals surface area contributed by atoms with E-state index in [-0.39, 0.29) is 5.91 Å². The predicted octanol–water partition coefficient (Wildman–Crippen LogP) is 2.62. The normalized spacial score (nSPS) is 16.3. The van der Waals surface area contributed by atoms with E-state index in [1.807, 2.05) is 12.1 Å². The molecule has 1 fully saturated rings. The first-order valence-corrected chi connectivity index (χ1v) is 10.5. The van der Waals surface area contributed by atoms with Crippen molar-refractivity contribution in [1.82, 2.24) is 5.32 Å². The first kappa shape index (κ1) is 19.8. The number of benzene rings is 2. The zero-order valence-electron chi connectivity index (χ0n) is 16.4. The summed E-state index contributed by atoms with van der Waals surface area (Å²) >= 11 is 6.25. The number of carbonyl (C=O) groups excluding carboxylic acids is 1. The van der Waals surface area contributed by atoms with Gasteiger partial charge in [-0.2, -0.15) is 0 Å². The third kappa shape index (κ3) is 5.11. The van der Waals surface area contributed by atoms with Gasteiger partial charge in [-0.15, -0.1) is 0 Å². The largest absolute Gasteiger partial charge is 0.486 e. The van der Waals surface area contributed by atoms with E-state index in [2.05, 4.69) is 23.5 Å². The summed E-state index contributed by atoms with van der Waals surface area (Å²) in [6.07, 6.45) is 5.88. The topological polar surface area (TPSA) is 52.0 Å². The van der Waals surface area contributed by atoms with Gasteiger partial charge in [-0.25, -0.2) is 0 Å². The standard InChI is InChI=1S/C23H25ClN2O3/c24-20-13-17(14-21-23(20)29-12-11-28-21)7-8-22(27)25-15-18-5-1-2-6-19(18)16-26-9-3-4-10-26/h1-2,5-8,13-14H,3-4,9-12,15-16H2,(H,25,27)/p+1/b8-7+. The van der Waals surface area contributed by atoms with Crippen LogP contribution in [0.4, 0.5) is 0 Å². The average molecular weight is 414 g/mol. The maximum Gasteiger partial charge on any atom is 0.244 e. The van der Waals surface area contributed by atoms with Crippen molar-refractivity contribution in [2.24, 2.45) is 0 Å². The van der Waals surface area contributed by atoms with Gasteiger partial charge >= 0.3 is 0 Å². The molecule has 0 radical (unpaired) electrons. The molecule has 0 unspecified atom stereocenters. The van der Waals surface area contributed by atoms with Crippen LogP contribution in [-0.4, -0.2) is 32.2 Å². The first-order valence-electron chi connectivity index (χ1n) is 10.1. The third-order valence-corrected chi connectivity index (χ3v) is 5.65. The minimum absolute atomic E-state index is 0.140. The molecule has 0 saturated carbocycles. The lowest BCUT2D eigenvalue weighted by molar-refractivity contribution is -0.901. The van der Waals surface area contributed by atoms with E-state index in [0.29, 0.717) is 36.3 Å². The van der Waals surface area contributed by atoms with Crippen LogP contribution < -0.4 is 19.7 Å². The number of nitrogens with one attached hydrogen (secondary N) is 2. The zero-order chi connectivity index (χ0) is 20.1. The van der Waals surface area contributed by atoms with Gasteiger partial charge < -0.3 is 19.7 Å². The molecule has 2 heterocycles. The van der Waals surface area contributed by atoms with Crippen molar-refractivity contribution in [1.29, 1.82) is 0 Å². The van der Waals surface area contributed by atoms with Crippen LogP contribution in [0.2, 0.25) is 5.02 Å². The van der Waals surface area contributed by atoms with E-state index < -0.39 is 0 Å². The van der Waals surface area contributed by atoms with Crippen LogP contribution in [0.25, 0.3) is 6.08 Å². The highest BCUT2D eigenvalue weighted by Gasteiger charge is 2.17. The summed E-state index contributed by atoms with van der Waals surface area (Å²) in [7, 11) is 0. The summed E-state index contributed by atoms with van der Waals surface area (Å²) in [5.74, 6) is 1.04. The van der Waals surface area contributed by atoms with Gasteiger partial charge in [-0.3, -0.25) is 4.79 Å². The van der Waals surface area contributed by atoms with Crippen LogP contribution in [0.5, 0.6) is 11.5 Å². The van der Waals surface area contributed by atoms with Gasteiger partial charge in [-0.1, -0.05) is 35.9 Å². The Bertz CT molecular complexity index is 907. The number of ether oxygens (including phenoxy) is 2. The zero-order valence-corrected chi connectivity index (χ0v) is 17.1. The third-order valence-electron chi connectivity index (χ3n) is 5.37. The quantitative estimate of drug-likeness (QED) is 0.716. The lowest BCUT2D eigenvalue weighted by atomic mass is 10.1. The highest BCUT2D eigenvalue weighted by atomic mass is 35.5. The summed E-state index contributed by atoms with van der Waals surface area (Å²) in [5, 5.41) is 3.47. The monoisotopic (exact) mass is 413 g/mol. The molecule has 2 aromatic carbocycles. The van der Waals surface area contributed by atoms with Gasteiger partial charge in [0.2, 0.25) is 5.91 Å². The number of halogens is 1. The molecule has 2 aliphatic heterocycles. The van der Waals surface area contributed by atoms with Crippen molar-refractivity contribution in [2.45, 2.75) is 25.9 Å². The Morgan fingerprint density at radius 1 is 1.10 bits per heavy atom. The van der Waals surface area contributed by atoms with E-state index >= 15 is 0 Å². The lowest BCUT2D eigenvalue weighted by Crippen LogP contribution is -3.08. The second-order valence-electron chi connectivity index (χ2n) is 7.48. The number of carbonyl (C=O) groups is 1. The van der Waals surface area contributed by atoms with E-state index in [0.717, 1.165) is 12.1 Å². The molecule has 2 N–H and O–H groups in total. The van der Waals surface area contributed by atoms with Crippen LogP contribution in [0.15, 0.2) is 42.5 Å². The molecule has 0 spiro atoms. The second-order valence-corrected chi connectivity index (χ2v) is 7.89. The molecule has 5 nitrogen and oxygen atoms in total. The number of amides is 1. The second kappa shape index (κ2) is 9.33. The molecule has 152 valence electrons. The summed E-state index contributed by atoms with van der Waals surface area (Å²) in [6.45, 7) is 5.01. The molecule has 0 atom stereocenters. The van der Waals surface area contributed by atoms with Crippen molar-refractivity contribution < 1.29 is 19.2 Å². The molecule has 29 heavy (non-hydrogen) atoms. The van der Waals surface area contributed by atoms with E-state index in [1.54, 1.807) is 17.0 Å². The number of quaternary nitrogens is 1. The predicted molar refractivity (Wildman–Crippen MR) is 113 cm³/mol. The van der Waals surface area contributed by atoms with Crippen molar-refractivity contribution in [3.05, 3.63) is 64.2 Å². The van der Waals surface area contributed by atoms with Crippen molar-refractivity contribution >= 4 is 23.6 Å². The maximum atomic E-state index is 12.3. The van der Waals surface area contributed by atoms with Gasteiger partial charge in [0, 0.05) is 31.0 Å². The Morgan fingerprint density at radius 2 is 1.86 bits per heavy atom. The number of hydrogen-bond acceptors (Lipinski definition) is 3. The molecule has 0 bridgehead atoms. The highest BCUT2D eigenvalue weighted by Crippen LogP contribution is 2.38. The summed E-state index contributed by atoms with van der Waals surface area (Å²) < 4.78 is 11.1. The molecule has 2 aliphatic rings. The van der Waals surface area contributed by atoms with E-state index in [9.17, 15) is 4.79 Å². The Morgan fingerprint density at radius 3 is 2.69 bits per heavy atom. The fourth-order valence-corrected chi connectivity index (χ4v) is 4.14. The molecule has 6 heteroatoms. The molecular weight excluding hydrogens is 388 g/mol. The van der Waals surface area contributed by atoms with Crippen LogP contribution >= 0.6 is 11.6 Å². The Labute approximate surface area is 176 Å². The number of rotatable bonds is 6. The fourth-order valence-electron chi connectivity index (χ4n) is 3.86. The van der Waals surface area contributed by atoms with Gasteiger partial charge in [0.15, 0.2) is 11.5 Å². The van der Waals surface area contributed by atoms with Gasteiger partial charge in [0.1, 0.15) is 19.8 Å². The molecule has 1 amide bonds. The summed E-state index contributed by atoms with van der Waals surface area (Å²) in [5.41, 5.74) is 3.29. The molecule has 0 aliphatic carbocycles. The van der Waals surface area contributed by atoms with E-state index in [1.165, 1.54) is 43.1 Å². The lowest BCUT2D eigenvalue weighted by Gasteiger charge is -2.19. The molecule has 4 rings (SSSR count). The molecule has 2 aromatic rings.